The van der Waals surface area contributed by atoms with Gasteiger partial charge in [0.25, 0.3) is 0 Å². The fraction of sp³-hybridized carbons (Fsp3) is 0.588. The van der Waals surface area contributed by atoms with Crippen LogP contribution >= 0.6 is 0 Å². The Labute approximate surface area is 116 Å². The molecule has 106 valence electrons. The first-order valence-corrected chi connectivity index (χ1v) is 7.42. The van der Waals surface area contributed by atoms with Crippen LogP contribution in [0.3, 0.4) is 0 Å². The van der Waals surface area contributed by atoms with E-state index < -0.39 is 6.61 Å². The van der Waals surface area contributed by atoms with Gasteiger partial charge in [-0.3, -0.25) is 4.79 Å². The molecule has 1 rings (SSSR count). The van der Waals surface area contributed by atoms with Gasteiger partial charge in [-0.25, -0.2) is 0 Å². The number of aryl methyl sites for hydroxylation is 2. The summed E-state index contributed by atoms with van der Waals surface area (Å²) in [6, 6.07) is 5.92. The molecule has 0 atom stereocenters. The number of carbonyl (C=O) groups excluding carboxylic acids is 1. The molecule has 0 aromatic heterocycles. The lowest BCUT2D eigenvalue weighted by Gasteiger charge is -2.06. The normalized spacial score (nSPS) is 10.7. The van der Waals surface area contributed by atoms with E-state index >= 15 is 0 Å². The maximum atomic E-state index is 11.5. The van der Waals surface area contributed by atoms with Crippen molar-refractivity contribution in [1.82, 2.24) is 0 Å². The standard InChI is InChI=1S/C17H26O2/c1-3-4-5-6-7-8-9-15-10-14(2)11-16(12-15)17(19)13-18/h10-12,18H,3-9,13H2,1-2H3. The van der Waals surface area contributed by atoms with Gasteiger partial charge >= 0.3 is 0 Å². The van der Waals surface area contributed by atoms with E-state index in [4.69, 9.17) is 5.11 Å². The minimum absolute atomic E-state index is 0.187. The van der Waals surface area contributed by atoms with E-state index in [2.05, 4.69) is 13.0 Å². The molecule has 2 heteroatoms. The largest absolute Gasteiger partial charge is 0.388 e. The fourth-order valence-electron chi connectivity index (χ4n) is 2.37. The summed E-state index contributed by atoms with van der Waals surface area (Å²) in [5.41, 5.74) is 2.95. The first-order valence-electron chi connectivity index (χ1n) is 7.42. The summed E-state index contributed by atoms with van der Waals surface area (Å²) in [6.07, 6.45) is 8.72. The number of aliphatic hydroxyl groups is 1. The number of hydrogen-bond donors (Lipinski definition) is 1. The predicted octanol–water partition coefficient (Wildman–Crippen LogP) is 4.07. The Morgan fingerprint density at radius 2 is 1.74 bits per heavy atom. The van der Waals surface area contributed by atoms with Crippen molar-refractivity contribution in [3.8, 4) is 0 Å². The monoisotopic (exact) mass is 262 g/mol. The van der Waals surface area contributed by atoms with Gasteiger partial charge in [-0.2, -0.15) is 0 Å². The Morgan fingerprint density at radius 1 is 1.05 bits per heavy atom. The van der Waals surface area contributed by atoms with Gasteiger partial charge in [-0.15, -0.1) is 0 Å². The van der Waals surface area contributed by atoms with Crippen molar-refractivity contribution in [3.05, 3.63) is 34.9 Å². The number of rotatable bonds is 9. The lowest BCUT2D eigenvalue weighted by molar-refractivity contribution is 0.0903. The summed E-state index contributed by atoms with van der Waals surface area (Å²) in [5.74, 6) is -0.187. The molecule has 0 amide bonds. The first-order chi connectivity index (χ1) is 9.17. The van der Waals surface area contributed by atoms with E-state index in [0.717, 1.165) is 12.0 Å². The second-order valence-corrected chi connectivity index (χ2v) is 5.31. The smallest absolute Gasteiger partial charge is 0.188 e. The highest BCUT2D eigenvalue weighted by Gasteiger charge is 2.06. The molecule has 0 unspecified atom stereocenters. The second kappa shape index (κ2) is 8.87. The summed E-state index contributed by atoms with van der Waals surface area (Å²) in [6.45, 7) is 3.82. The highest BCUT2D eigenvalue weighted by Crippen LogP contribution is 2.14. The number of aliphatic hydroxyl groups excluding tert-OH is 1. The van der Waals surface area contributed by atoms with Crippen LogP contribution in [0.15, 0.2) is 18.2 Å². The van der Waals surface area contributed by atoms with Gasteiger partial charge in [0.2, 0.25) is 0 Å². The Hall–Kier alpha value is -1.15. The Morgan fingerprint density at radius 3 is 2.42 bits per heavy atom. The fourth-order valence-corrected chi connectivity index (χ4v) is 2.37. The number of carbonyl (C=O) groups is 1. The van der Waals surface area contributed by atoms with Crippen LogP contribution in [-0.2, 0) is 6.42 Å². The molecule has 19 heavy (non-hydrogen) atoms. The average molecular weight is 262 g/mol. The minimum atomic E-state index is -0.403. The number of hydrogen-bond acceptors (Lipinski definition) is 2. The van der Waals surface area contributed by atoms with Crippen molar-refractivity contribution in [2.24, 2.45) is 0 Å². The highest BCUT2D eigenvalue weighted by molar-refractivity contribution is 5.97. The number of unbranched alkanes of at least 4 members (excludes halogenated alkanes) is 5. The zero-order chi connectivity index (χ0) is 14.1. The Kier molecular flexibility index (Phi) is 7.42. The second-order valence-electron chi connectivity index (χ2n) is 5.31. The number of ketones is 1. The molecule has 0 spiro atoms. The van der Waals surface area contributed by atoms with Crippen molar-refractivity contribution in [2.45, 2.75) is 58.8 Å². The van der Waals surface area contributed by atoms with E-state index in [0.29, 0.717) is 5.56 Å². The third-order valence-corrected chi connectivity index (χ3v) is 3.42. The molecule has 0 saturated carbocycles. The lowest BCUT2D eigenvalue weighted by Crippen LogP contribution is -2.05. The first kappa shape index (κ1) is 15.9. The van der Waals surface area contributed by atoms with Gasteiger partial charge in [0.1, 0.15) is 6.61 Å². The number of Topliss-reactive ketones (excluding diaryl/α,β-unsaturated/α-hetero) is 1. The van der Waals surface area contributed by atoms with Gasteiger partial charge in [-0.1, -0.05) is 50.7 Å². The molecule has 1 aromatic rings. The molecule has 2 nitrogen and oxygen atoms in total. The Balaban J connectivity index is 2.45. The van der Waals surface area contributed by atoms with E-state index in [-0.39, 0.29) is 5.78 Å². The molecule has 0 radical (unpaired) electrons. The molecule has 0 aliphatic carbocycles. The van der Waals surface area contributed by atoms with Gasteiger partial charge in [-0.05, 0) is 37.5 Å². The van der Waals surface area contributed by atoms with Crippen molar-refractivity contribution >= 4 is 5.78 Å². The van der Waals surface area contributed by atoms with E-state index in [1.54, 1.807) is 0 Å². The van der Waals surface area contributed by atoms with E-state index in [1.807, 2.05) is 19.1 Å². The zero-order valence-corrected chi connectivity index (χ0v) is 12.2. The molecular formula is C17H26O2. The van der Waals surface area contributed by atoms with Crippen LogP contribution in [0.4, 0.5) is 0 Å². The lowest BCUT2D eigenvalue weighted by atomic mass is 9.99. The molecule has 1 aromatic carbocycles. The summed E-state index contributed by atoms with van der Waals surface area (Å²) in [4.78, 5) is 11.5. The van der Waals surface area contributed by atoms with Crippen molar-refractivity contribution in [3.63, 3.8) is 0 Å². The van der Waals surface area contributed by atoms with Crippen LogP contribution in [0.25, 0.3) is 0 Å². The third kappa shape index (κ3) is 6.02. The van der Waals surface area contributed by atoms with Gasteiger partial charge < -0.3 is 5.11 Å². The maximum Gasteiger partial charge on any atom is 0.188 e. The summed E-state index contributed by atoms with van der Waals surface area (Å²) in [7, 11) is 0. The van der Waals surface area contributed by atoms with Crippen LogP contribution in [0, 0.1) is 6.92 Å². The molecule has 0 aliphatic heterocycles. The van der Waals surface area contributed by atoms with Crippen molar-refractivity contribution in [2.75, 3.05) is 6.61 Å². The SMILES string of the molecule is CCCCCCCCc1cc(C)cc(C(=O)CO)c1. The van der Waals surface area contributed by atoms with Crippen molar-refractivity contribution in [1.29, 1.82) is 0 Å². The van der Waals surface area contributed by atoms with Crippen LogP contribution < -0.4 is 0 Å². The van der Waals surface area contributed by atoms with Crippen molar-refractivity contribution < 1.29 is 9.90 Å². The topological polar surface area (TPSA) is 37.3 Å². The van der Waals surface area contributed by atoms with Gasteiger partial charge in [0.15, 0.2) is 5.78 Å². The van der Waals surface area contributed by atoms with E-state index in [9.17, 15) is 4.79 Å². The summed E-state index contributed by atoms with van der Waals surface area (Å²) < 4.78 is 0. The van der Waals surface area contributed by atoms with E-state index in [1.165, 1.54) is 44.1 Å². The Bertz CT molecular complexity index is 396. The van der Waals surface area contributed by atoms with Gasteiger partial charge in [0, 0.05) is 5.56 Å². The molecular weight excluding hydrogens is 236 g/mol. The summed E-state index contributed by atoms with van der Waals surface area (Å²) >= 11 is 0. The van der Waals surface area contributed by atoms with Crippen LogP contribution in [0.1, 0.15) is 66.9 Å². The van der Waals surface area contributed by atoms with Crippen LogP contribution in [-0.4, -0.2) is 17.5 Å². The minimum Gasteiger partial charge on any atom is -0.388 e. The molecule has 0 aliphatic rings. The maximum absolute atomic E-state index is 11.5. The molecule has 1 N–H and O–H groups in total. The van der Waals surface area contributed by atoms with Crippen LogP contribution in [0.5, 0.6) is 0 Å². The molecule has 0 saturated heterocycles. The van der Waals surface area contributed by atoms with Gasteiger partial charge in [0.05, 0.1) is 0 Å². The molecule has 0 fully saturated rings. The zero-order valence-electron chi connectivity index (χ0n) is 12.2. The van der Waals surface area contributed by atoms with Crippen LogP contribution in [0.2, 0.25) is 0 Å². The quantitative estimate of drug-likeness (QED) is 0.538. The average Bonchev–Trinajstić information content (AvgIpc) is 2.41. The number of benzene rings is 1. The highest BCUT2D eigenvalue weighted by atomic mass is 16.3. The molecule has 0 bridgehead atoms. The summed E-state index contributed by atoms with van der Waals surface area (Å²) in [5, 5.41) is 8.92. The molecule has 0 heterocycles. The third-order valence-electron chi connectivity index (χ3n) is 3.42. The predicted molar refractivity (Wildman–Crippen MR) is 79.7 cm³/mol.